The van der Waals surface area contributed by atoms with Crippen LogP contribution in [0.2, 0.25) is 0 Å². The summed E-state index contributed by atoms with van der Waals surface area (Å²) in [6.45, 7) is 4.64. The topological polar surface area (TPSA) is 63.6 Å². The van der Waals surface area contributed by atoms with E-state index in [0.717, 1.165) is 38.5 Å². The minimum Gasteiger partial charge on any atom is -0.317 e. The van der Waals surface area contributed by atoms with Crippen LogP contribution in [0.4, 0.5) is 4.79 Å². The predicted molar refractivity (Wildman–Crippen MR) is 126 cm³/mol. The number of oxime groups is 1. The zero-order valence-electron chi connectivity index (χ0n) is 18.1. The van der Waals surface area contributed by atoms with Crippen molar-refractivity contribution >= 4 is 53.5 Å². The summed E-state index contributed by atoms with van der Waals surface area (Å²) in [5.41, 5.74) is 0.0279. The molecule has 168 valence electrons. The number of nitrogens with zero attached hydrogens (tertiary/aromatic N) is 3. The molecule has 0 aromatic heterocycles. The number of hydrogen-bond donors (Lipinski definition) is 0. The van der Waals surface area contributed by atoms with E-state index < -0.39 is 12.7 Å². The first-order valence-corrected chi connectivity index (χ1v) is 14.7. The zero-order chi connectivity index (χ0) is 21.5. The van der Waals surface area contributed by atoms with Crippen molar-refractivity contribution in [1.82, 2.24) is 8.38 Å². The molecule has 2 fully saturated rings. The van der Waals surface area contributed by atoms with Crippen LogP contribution in [-0.4, -0.2) is 52.1 Å². The third-order valence-corrected chi connectivity index (χ3v) is 11.3. The molecule has 7 nitrogen and oxygen atoms in total. The van der Waals surface area contributed by atoms with E-state index in [0.29, 0.717) is 18.3 Å². The van der Waals surface area contributed by atoms with Crippen LogP contribution in [0.5, 0.6) is 0 Å². The molecular weight excluding hydrogens is 449 g/mol. The normalized spacial score (nSPS) is 22.5. The summed E-state index contributed by atoms with van der Waals surface area (Å²) < 4.78 is 16.0. The van der Waals surface area contributed by atoms with Gasteiger partial charge in [0.2, 0.25) is 0 Å². The highest BCUT2D eigenvalue weighted by Crippen LogP contribution is 2.63. The lowest BCUT2D eigenvalue weighted by Gasteiger charge is -2.46. The Balaban J connectivity index is 2.13. The Bertz CT molecular complexity index is 613. The molecule has 2 rings (SSSR count). The largest absolute Gasteiger partial charge is 0.446 e. The third kappa shape index (κ3) is 6.82. The summed E-state index contributed by atoms with van der Waals surface area (Å²) in [7, 11) is 1.67. The lowest BCUT2D eigenvalue weighted by molar-refractivity contribution is 0.0161. The molecule has 1 heterocycles. The molecule has 1 saturated carbocycles. The lowest BCUT2D eigenvalue weighted by Crippen LogP contribution is -2.41. The van der Waals surface area contributed by atoms with Crippen LogP contribution >= 0.6 is 30.5 Å². The Kier molecular flexibility index (Phi) is 10.3. The summed E-state index contributed by atoms with van der Waals surface area (Å²) in [5, 5.41) is 4.51. The summed E-state index contributed by atoms with van der Waals surface area (Å²) in [6.07, 6.45) is 8.91. The van der Waals surface area contributed by atoms with E-state index in [-0.39, 0.29) is 11.5 Å². The molecule has 1 amide bonds. The van der Waals surface area contributed by atoms with Gasteiger partial charge in [-0.25, -0.2) is 9.10 Å². The molecule has 29 heavy (non-hydrogen) atoms. The average molecular weight is 484 g/mol. The van der Waals surface area contributed by atoms with E-state index in [2.05, 4.69) is 19.0 Å². The Hall–Kier alpha value is 0.170. The van der Waals surface area contributed by atoms with E-state index in [4.69, 9.17) is 25.7 Å². The highest BCUT2D eigenvalue weighted by Gasteiger charge is 2.45. The quantitative estimate of drug-likeness (QED) is 0.109. The van der Waals surface area contributed by atoms with Crippen molar-refractivity contribution in [2.45, 2.75) is 71.8 Å². The van der Waals surface area contributed by atoms with Gasteiger partial charge in [-0.3, -0.25) is 4.84 Å². The van der Waals surface area contributed by atoms with Gasteiger partial charge in [-0.15, -0.1) is 11.8 Å². The van der Waals surface area contributed by atoms with Crippen LogP contribution in [0.25, 0.3) is 0 Å². The van der Waals surface area contributed by atoms with Crippen LogP contribution in [0, 0.1) is 5.41 Å². The van der Waals surface area contributed by atoms with Crippen LogP contribution in [0.3, 0.4) is 0 Å². The minimum atomic E-state index is -2.70. The van der Waals surface area contributed by atoms with Crippen molar-refractivity contribution in [2.75, 3.05) is 26.5 Å². The predicted octanol–water partition coefficient (Wildman–Crippen LogP) is 6.03. The minimum absolute atomic E-state index is 0.0279. The first kappa shape index (κ1) is 25.4. The highest BCUT2D eigenvalue weighted by atomic mass is 32.5. The van der Waals surface area contributed by atoms with E-state index in [1.165, 1.54) is 34.6 Å². The second-order valence-electron chi connectivity index (χ2n) is 7.57. The molecule has 0 aromatic rings. The van der Waals surface area contributed by atoms with E-state index in [9.17, 15) is 4.79 Å². The van der Waals surface area contributed by atoms with Gasteiger partial charge in [-0.2, -0.15) is 4.08 Å². The Labute approximate surface area is 189 Å². The van der Waals surface area contributed by atoms with Crippen LogP contribution in [0.15, 0.2) is 5.16 Å². The molecule has 11 heteroatoms. The van der Waals surface area contributed by atoms with Gasteiger partial charge in [0.05, 0.1) is 25.3 Å². The smallest absolute Gasteiger partial charge is 0.317 e. The van der Waals surface area contributed by atoms with Gasteiger partial charge in [0, 0.05) is 18.5 Å². The summed E-state index contributed by atoms with van der Waals surface area (Å²) in [5.74, 6) is 0. The van der Waals surface area contributed by atoms with Gasteiger partial charge in [0.1, 0.15) is 5.04 Å². The van der Waals surface area contributed by atoms with Crippen LogP contribution in [-0.2, 0) is 25.7 Å². The van der Waals surface area contributed by atoms with Crippen LogP contribution < -0.4 is 0 Å². The molecule has 0 bridgehead atoms. The number of thioether (sulfide) groups is 1. The third-order valence-electron chi connectivity index (χ3n) is 5.71. The number of carbonyl (C=O) groups is 1. The SMILES string of the molecule is CCC1(CC)COP(=S)(N(SN(C)C(=O)O/N=C(\C)SC)C2CCCCC2)OC1. The van der Waals surface area contributed by atoms with Crippen molar-refractivity contribution in [1.29, 1.82) is 0 Å². The van der Waals surface area contributed by atoms with Gasteiger partial charge in [-0.1, -0.05) is 38.3 Å². The van der Waals surface area contributed by atoms with Crippen molar-refractivity contribution in [3.63, 3.8) is 0 Å². The molecule has 1 aliphatic carbocycles. The summed E-state index contributed by atoms with van der Waals surface area (Å²) in [4.78, 5) is 17.4. The van der Waals surface area contributed by atoms with Gasteiger partial charge in [0.15, 0.2) is 0 Å². The highest BCUT2D eigenvalue weighted by molar-refractivity contribution is 8.15. The van der Waals surface area contributed by atoms with Gasteiger partial charge >= 0.3 is 6.09 Å². The zero-order valence-corrected chi connectivity index (χ0v) is 21.4. The van der Waals surface area contributed by atoms with Crippen molar-refractivity contribution in [3.8, 4) is 0 Å². The van der Waals surface area contributed by atoms with Crippen molar-refractivity contribution < 1.29 is 18.7 Å². The van der Waals surface area contributed by atoms with Crippen molar-refractivity contribution in [2.24, 2.45) is 10.6 Å². The fourth-order valence-corrected chi connectivity index (χ4v) is 7.83. The molecule has 2 aliphatic rings. The number of hydrogen-bond acceptors (Lipinski definition) is 8. The summed E-state index contributed by atoms with van der Waals surface area (Å²) >= 11 is 8.62. The fourth-order valence-electron chi connectivity index (χ4n) is 3.26. The molecule has 1 saturated heterocycles. The monoisotopic (exact) mass is 483 g/mol. The first-order chi connectivity index (χ1) is 13.8. The Morgan fingerprint density at radius 3 is 2.34 bits per heavy atom. The number of rotatable bonds is 7. The lowest BCUT2D eigenvalue weighted by atomic mass is 9.84. The molecule has 0 atom stereocenters. The second kappa shape index (κ2) is 11.7. The molecular formula is C18H34N3O4PS3. The maximum Gasteiger partial charge on any atom is 0.446 e. The molecule has 0 unspecified atom stereocenters. The summed E-state index contributed by atoms with van der Waals surface area (Å²) in [6, 6.07) is 0.224. The van der Waals surface area contributed by atoms with Gasteiger partial charge < -0.3 is 9.05 Å². The Morgan fingerprint density at radius 2 is 1.83 bits per heavy atom. The van der Waals surface area contributed by atoms with E-state index in [1.54, 1.807) is 14.0 Å². The second-order valence-corrected chi connectivity index (χ2v) is 13.2. The first-order valence-electron chi connectivity index (χ1n) is 10.2. The Morgan fingerprint density at radius 1 is 1.24 bits per heavy atom. The van der Waals surface area contributed by atoms with E-state index in [1.807, 2.05) is 10.3 Å². The number of carbonyl (C=O) groups excluding carboxylic acids is 1. The van der Waals surface area contributed by atoms with Gasteiger partial charge in [-0.05, 0) is 50.7 Å². The fraction of sp³-hybridized carbons (Fsp3) is 0.889. The average Bonchev–Trinajstić information content (AvgIpc) is 2.76. The molecule has 0 spiro atoms. The molecule has 1 aliphatic heterocycles. The molecule has 0 N–H and O–H groups in total. The molecule has 0 aromatic carbocycles. The maximum absolute atomic E-state index is 12.4. The van der Waals surface area contributed by atoms with Crippen LogP contribution in [0.1, 0.15) is 65.7 Å². The number of amides is 1. The standard InChI is InChI=1S/C18H34N3O4PS3/c1-6-18(7-2)13-23-26(27,24-14-18)21(16-11-9-8-10-12-16)29-20(4)17(22)25-19-15(3)28-5/h16H,6-14H2,1-5H3/b19-15+. The molecule has 0 radical (unpaired) electrons. The van der Waals surface area contributed by atoms with Gasteiger partial charge in [0.25, 0.3) is 6.64 Å². The maximum atomic E-state index is 12.4. The van der Waals surface area contributed by atoms with E-state index >= 15 is 0 Å². The van der Waals surface area contributed by atoms with Crippen molar-refractivity contribution in [3.05, 3.63) is 0 Å².